The molecule has 0 aromatic carbocycles. The lowest BCUT2D eigenvalue weighted by Gasteiger charge is -2.20. The van der Waals surface area contributed by atoms with E-state index in [4.69, 9.17) is 4.74 Å². The summed E-state index contributed by atoms with van der Waals surface area (Å²) in [5, 5.41) is 22.9. The van der Waals surface area contributed by atoms with Gasteiger partial charge in [0.1, 0.15) is 0 Å². The number of amides is 1. The summed E-state index contributed by atoms with van der Waals surface area (Å²) in [6.45, 7) is 4.82. The van der Waals surface area contributed by atoms with Gasteiger partial charge < -0.3 is 20.3 Å². The van der Waals surface area contributed by atoms with E-state index in [1.54, 1.807) is 6.08 Å². The van der Waals surface area contributed by atoms with E-state index in [9.17, 15) is 19.8 Å². The zero-order valence-corrected chi connectivity index (χ0v) is 39.9. The van der Waals surface area contributed by atoms with Crippen molar-refractivity contribution >= 4 is 11.9 Å². The molecule has 0 fully saturated rings. The Morgan fingerprint density at radius 1 is 0.450 bits per heavy atom. The number of carbonyl (C=O) groups excluding carboxylic acids is 2. The summed E-state index contributed by atoms with van der Waals surface area (Å²) in [7, 11) is 0. The van der Waals surface area contributed by atoms with E-state index in [1.165, 1.54) is 193 Å². The maximum absolute atomic E-state index is 12.4. The van der Waals surface area contributed by atoms with Gasteiger partial charge in [-0.1, -0.05) is 217 Å². The van der Waals surface area contributed by atoms with Crippen LogP contribution in [0.15, 0.2) is 36.5 Å². The van der Waals surface area contributed by atoms with Crippen LogP contribution in [0.3, 0.4) is 0 Å². The lowest BCUT2D eigenvalue weighted by atomic mass is 10.0. The van der Waals surface area contributed by atoms with Gasteiger partial charge in [0.25, 0.3) is 0 Å². The normalized spacial score (nSPS) is 12.9. The van der Waals surface area contributed by atoms with E-state index in [2.05, 4.69) is 43.5 Å². The third-order valence-electron chi connectivity index (χ3n) is 11.9. The number of rotatable bonds is 48. The largest absolute Gasteiger partial charge is 0.466 e. The monoisotopic (exact) mass is 844 g/mol. The highest BCUT2D eigenvalue weighted by atomic mass is 16.5. The third kappa shape index (κ3) is 45.6. The summed E-state index contributed by atoms with van der Waals surface area (Å²) in [6.07, 6.45) is 60.2. The Balaban J connectivity index is 3.41. The molecular weight excluding hydrogens is 743 g/mol. The Kier molecular flexibility index (Phi) is 48.1. The fourth-order valence-electron chi connectivity index (χ4n) is 7.78. The van der Waals surface area contributed by atoms with Crippen LogP contribution in [-0.4, -0.2) is 47.4 Å². The van der Waals surface area contributed by atoms with Crippen LogP contribution in [0.25, 0.3) is 0 Å². The first kappa shape index (κ1) is 58.1. The Morgan fingerprint density at radius 3 is 1.23 bits per heavy atom. The summed E-state index contributed by atoms with van der Waals surface area (Å²) in [5.41, 5.74) is 0. The van der Waals surface area contributed by atoms with Crippen LogP contribution in [0, 0.1) is 0 Å². The zero-order valence-electron chi connectivity index (χ0n) is 39.9. The molecule has 0 heterocycles. The average Bonchev–Trinajstić information content (AvgIpc) is 3.25. The Hall–Kier alpha value is -1.92. The van der Waals surface area contributed by atoms with E-state index < -0.39 is 12.1 Å². The highest BCUT2D eigenvalue weighted by Gasteiger charge is 2.18. The highest BCUT2D eigenvalue weighted by Crippen LogP contribution is 2.15. The molecule has 0 rings (SSSR count). The van der Waals surface area contributed by atoms with Crippen molar-refractivity contribution in [3.63, 3.8) is 0 Å². The van der Waals surface area contributed by atoms with Crippen LogP contribution < -0.4 is 5.32 Å². The molecule has 0 saturated heterocycles. The molecule has 0 aliphatic heterocycles. The van der Waals surface area contributed by atoms with Crippen molar-refractivity contribution in [3.8, 4) is 0 Å². The van der Waals surface area contributed by atoms with Crippen molar-refractivity contribution in [1.29, 1.82) is 0 Å². The van der Waals surface area contributed by atoms with Gasteiger partial charge in [0.2, 0.25) is 5.91 Å². The molecule has 0 aromatic rings. The van der Waals surface area contributed by atoms with Gasteiger partial charge in [-0.15, -0.1) is 0 Å². The fraction of sp³-hybridized carbons (Fsp3) is 0.852. The molecule has 0 aliphatic carbocycles. The van der Waals surface area contributed by atoms with E-state index in [0.29, 0.717) is 19.4 Å². The maximum atomic E-state index is 12.4. The molecule has 2 atom stereocenters. The minimum absolute atomic E-state index is 0.00100. The van der Waals surface area contributed by atoms with Crippen LogP contribution in [0.4, 0.5) is 0 Å². The molecule has 0 saturated carbocycles. The van der Waals surface area contributed by atoms with Gasteiger partial charge in [-0.05, 0) is 77.0 Å². The minimum Gasteiger partial charge on any atom is -0.466 e. The van der Waals surface area contributed by atoms with Crippen molar-refractivity contribution in [2.24, 2.45) is 0 Å². The summed E-state index contributed by atoms with van der Waals surface area (Å²) >= 11 is 0. The van der Waals surface area contributed by atoms with E-state index in [-0.39, 0.29) is 18.5 Å². The number of aliphatic hydroxyl groups is 2. The molecule has 1 amide bonds. The average molecular weight is 844 g/mol. The number of ether oxygens (including phenoxy) is 1. The molecule has 60 heavy (non-hydrogen) atoms. The first-order valence-corrected chi connectivity index (χ1v) is 26.3. The van der Waals surface area contributed by atoms with Crippen molar-refractivity contribution in [3.05, 3.63) is 36.5 Å². The Morgan fingerprint density at radius 2 is 0.800 bits per heavy atom. The van der Waals surface area contributed by atoms with Crippen LogP contribution in [0.5, 0.6) is 0 Å². The van der Waals surface area contributed by atoms with Gasteiger partial charge in [0.15, 0.2) is 0 Å². The predicted molar refractivity (Wildman–Crippen MR) is 259 cm³/mol. The highest BCUT2D eigenvalue weighted by molar-refractivity contribution is 5.76. The summed E-state index contributed by atoms with van der Waals surface area (Å²) in [6, 6.07) is -0.630. The van der Waals surface area contributed by atoms with E-state index in [0.717, 1.165) is 51.4 Å². The minimum atomic E-state index is -0.846. The Bertz CT molecular complexity index is 977. The first-order valence-electron chi connectivity index (χ1n) is 26.3. The molecule has 3 N–H and O–H groups in total. The molecule has 0 aromatic heterocycles. The number of allylic oxidation sites excluding steroid dienone is 5. The molecular formula is C54H101NO5. The Labute approximate surface area is 373 Å². The topological polar surface area (TPSA) is 95.9 Å². The molecule has 6 heteroatoms. The first-order chi connectivity index (χ1) is 29.5. The number of hydrogen-bond donors (Lipinski definition) is 3. The number of nitrogens with one attached hydrogen (secondary N) is 1. The van der Waals surface area contributed by atoms with Crippen LogP contribution in [0.2, 0.25) is 0 Å². The second-order valence-corrected chi connectivity index (χ2v) is 17.8. The lowest BCUT2D eigenvalue weighted by Crippen LogP contribution is -2.45. The van der Waals surface area contributed by atoms with Crippen molar-refractivity contribution < 1.29 is 24.5 Å². The van der Waals surface area contributed by atoms with Gasteiger partial charge in [-0.25, -0.2) is 0 Å². The number of esters is 1. The van der Waals surface area contributed by atoms with Crippen molar-refractivity contribution in [2.45, 2.75) is 283 Å². The number of carbonyl (C=O) groups is 2. The van der Waals surface area contributed by atoms with Gasteiger partial charge in [-0.2, -0.15) is 0 Å². The third-order valence-corrected chi connectivity index (χ3v) is 11.9. The van der Waals surface area contributed by atoms with Gasteiger partial charge in [-0.3, -0.25) is 9.59 Å². The smallest absolute Gasteiger partial charge is 0.305 e. The summed E-state index contributed by atoms with van der Waals surface area (Å²) in [4.78, 5) is 24.3. The number of unbranched alkanes of at least 4 members (excludes halogenated alkanes) is 33. The van der Waals surface area contributed by atoms with Crippen LogP contribution in [0.1, 0.15) is 271 Å². The number of aliphatic hydroxyl groups excluding tert-OH is 2. The molecule has 2 unspecified atom stereocenters. The quantitative estimate of drug-likeness (QED) is 0.0322. The number of hydrogen-bond acceptors (Lipinski definition) is 5. The summed E-state index contributed by atoms with van der Waals surface area (Å²) in [5.74, 6) is -0.0788. The van der Waals surface area contributed by atoms with E-state index in [1.807, 2.05) is 6.08 Å². The summed E-state index contributed by atoms with van der Waals surface area (Å²) < 4.78 is 5.45. The maximum Gasteiger partial charge on any atom is 0.305 e. The van der Waals surface area contributed by atoms with Gasteiger partial charge >= 0.3 is 5.97 Å². The van der Waals surface area contributed by atoms with Gasteiger partial charge in [0, 0.05) is 12.8 Å². The second-order valence-electron chi connectivity index (χ2n) is 17.8. The molecule has 0 spiro atoms. The predicted octanol–water partition coefficient (Wildman–Crippen LogP) is 15.7. The van der Waals surface area contributed by atoms with Crippen molar-refractivity contribution in [1.82, 2.24) is 5.32 Å². The molecule has 6 nitrogen and oxygen atoms in total. The van der Waals surface area contributed by atoms with E-state index >= 15 is 0 Å². The van der Waals surface area contributed by atoms with Gasteiger partial charge in [0.05, 0.1) is 25.4 Å². The van der Waals surface area contributed by atoms with Crippen LogP contribution >= 0.6 is 0 Å². The standard InChI is InChI=1S/C54H101NO5/c1-3-5-7-9-11-13-27-32-36-40-44-48-54(59)60-49-45-41-37-33-29-26-24-22-20-18-16-14-15-17-19-21-23-25-28-31-35-39-43-47-53(58)55-51(50-56)52(57)46-42-38-34-30-12-10-8-6-4-2/h9,11,17,19,42,46,51-52,56-57H,3-8,10,12-16,18,20-41,43-45,47-50H2,1-2H3,(H,55,58)/b11-9-,19-17-,46-42+. The van der Waals surface area contributed by atoms with Crippen molar-refractivity contribution in [2.75, 3.05) is 13.2 Å². The second kappa shape index (κ2) is 49.7. The van der Waals surface area contributed by atoms with Crippen LogP contribution in [-0.2, 0) is 14.3 Å². The fourth-order valence-corrected chi connectivity index (χ4v) is 7.78. The SMILES string of the molecule is CCCC/C=C\CCCCCCCC(=O)OCCCCCCCCCCCCCC/C=C\CCCCCCCCCC(=O)NC(CO)C(O)/C=C/CCCCCCCCC. The molecule has 0 aliphatic rings. The molecule has 352 valence electrons. The lowest BCUT2D eigenvalue weighted by molar-refractivity contribution is -0.143. The zero-order chi connectivity index (χ0) is 43.7. The molecule has 0 bridgehead atoms. The molecule has 0 radical (unpaired) electrons.